The number of fused-ring (bicyclic) bond motifs is 5. The molecule has 1 heterocycles. The second-order valence-electron chi connectivity index (χ2n) is 11.2. The minimum Gasteiger partial charge on any atom is -0.456 e. The number of hydrogen-bond donors (Lipinski definition) is 0. The Morgan fingerprint density at radius 2 is 1.05 bits per heavy atom. The van der Waals surface area contributed by atoms with Gasteiger partial charge in [0, 0.05) is 16.5 Å². The summed E-state index contributed by atoms with van der Waals surface area (Å²) in [6.07, 6.45) is 0. The van der Waals surface area contributed by atoms with E-state index in [2.05, 4.69) is 152 Å². The first kappa shape index (κ1) is 23.3. The van der Waals surface area contributed by atoms with Crippen LogP contribution in [0.15, 0.2) is 158 Å². The molecule has 1 heteroatoms. The minimum atomic E-state index is -0.391. The average Bonchev–Trinajstić information content (AvgIpc) is 3.36. The van der Waals surface area contributed by atoms with Crippen LogP contribution in [-0.4, -0.2) is 0 Å². The van der Waals surface area contributed by atoms with E-state index < -0.39 is 5.41 Å². The summed E-state index contributed by atoms with van der Waals surface area (Å²) in [6.45, 7) is 0. The van der Waals surface area contributed by atoms with E-state index in [1.165, 1.54) is 60.8 Å². The quantitative estimate of drug-likeness (QED) is 0.219. The van der Waals surface area contributed by atoms with Gasteiger partial charge in [0.1, 0.15) is 11.5 Å². The van der Waals surface area contributed by atoms with Crippen molar-refractivity contribution < 1.29 is 4.74 Å². The zero-order chi connectivity index (χ0) is 27.7. The highest BCUT2D eigenvalue weighted by Gasteiger charge is 2.46. The molecular formula is C41H26O. The molecule has 1 aliphatic carbocycles. The molecule has 0 bridgehead atoms. The van der Waals surface area contributed by atoms with Gasteiger partial charge in [-0.1, -0.05) is 140 Å². The van der Waals surface area contributed by atoms with Crippen molar-refractivity contribution in [2.75, 3.05) is 0 Å². The molecule has 0 aromatic heterocycles. The van der Waals surface area contributed by atoms with Gasteiger partial charge in [-0.15, -0.1) is 0 Å². The zero-order valence-corrected chi connectivity index (χ0v) is 22.9. The molecule has 42 heavy (non-hydrogen) atoms. The highest BCUT2D eigenvalue weighted by atomic mass is 16.5. The van der Waals surface area contributed by atoms with E-state index in [1.807, 2.05) is 6.07 Å². The van der Waals surface area contributed by atoms with Gasteiger partial charge >= 0.3 is 0 Å². The fourth-order valence-electron chi connectivity index (χ4n) is 7.45. The largest absolute Gasteiger partial charge is 0.456 e. The van der Waals surface area contributed by atoms with Crippen molar-refractivity contribution in [3.8, 4) is 44.9 Å². The number of rotatable bonds is 3. The Hall–Kier alpha value is -5.40. The predicted octanol–water partition coefficient (Wildman–Crippen LogP) is 10.6. The van der Waals surface area contributed by atoms with Gasteiger partial charge in [0.2, 0.25) is 0 Å². The maximum Gasteiger partial charge on any atom is 0.135 e. The molecule has 1 nitrogen and oxygen atoms in total. The Morgan fingerprint density at radius 3 is 1.83 bits per heavy atom. The monoisotopic (exact) mass is 534 g/mol. The van der Waals surface area contributed by atoms with E-state index in [-0.39, 0.29) is 0 Å². The van der Waals surface area contributed by atoms with E-state index in [0.29, 0.717) is 0 Å². The number of para-hydroxylation sites is 1. The first-order valence-electron chi connectivity index (χ1n) is 14.5. The summed E-state index contributed by atoms with van der Waals surface area (Å²) in [6, 6.07) is 57.3. The summed E-state index contributed by atoms with van der Waals surface area (Å²) in [5.74, 6) is 1.82. The molecule has 7 aromatic rings. The molecule has 0 amide bonds. The molecular weight excluding hydrogens is 508 g/mol. The van der Waals surface area contributed by atoms with E-state index >= 15 is 0 Å². The van der Waals surface area contributed by atoms with E-state index in [9.17, 15) is 0 Å². The normalized spacial score (nSPS) is 13.6. The summed E-state index contributed by atoms with van der Waals surface area (Å²) in [5, 5.41) is 2.37. The molecule has 2 aliphatic rings. The zero-order valence-electron chi connectivity index (χ0n) is 22.9. The summed E-state index contributed by atoms with van der Waals surface area (Å²) >= 11 is 0. The lowest BCUT2D eigenvalue weighted by molar-refractivity contribution is 0.487. The first-order chi connectivity index (χ1) is 20.8. The standard InChI is InChI=1S/C41H26O/c1-3-13-29(14-4-1)41(30-15-5-2-6-16-30)35-19-9-7-17-32(35)34-26-28(23-25-36(34)41)31-24-22-27-12-11-21-38-39(27)40(31)33-18-8-10-20-37(33)42-38/h1-26H. The second kappa shape index (κ2) is 8.80. The highest BCUT2D eigenvalue weighted by Crippen LogP contribution is 2.57. The molecule has 0 radical (unpaired) electrons. The number of ether oxygens (including phenoxy) is 1. The molecule has 0 fully saturated rings. The van der Waals surface area contributed by atoms with Crippen molar-refractivity contribution in [1.29, 1.82) is 0 Å². The van der Waals surface area contributed by atoms with Crippen LogP contribution >= 0.6 is 0 Å². The van der Waals surface area contributed by atoms with Crippen molar-refractivity contribution in [2.45, 2.75) is 5.41 Å². The van der Waals surface area contributed by atoms with Crippen molar-refractivity contribution in [1.82, 2.24) is 0 Å². The third-order valence-electron chi connectivity index (χ3n) is 9.15. The van der Waals surface area contributed by atoms with Crippen LogP contribution in [0, 0.1) is 0 Å². The highest BCUT2D eigenvalue weighted by molar-refractivity contribution is 6.10. The topological polar surface area (TPSA) is 9.23 Å². The fourth-order valence-corrected chi connectivity index (χ4v) is 7.45. The molecule has 0 saturated carbocycles. The van der Waals surface area contributed by atoms with Gasteiger partial charge in [0.05, 0.1) is 5.41 Å². The summed E-state index contributed by atoms with van der Waals surface area (Å²) in [7, 11) is 0. The van der Waals surface area contributed by atoms with Crippen LogP contribution < -0.4 is 4.74 Å². The van der Waals surface area contributed by atoms with Gasteiger partial charge in [-0.05, 0) is 68.1 Å². The maximum absolute atomic E-state index is 6.39. The second-order valence-corrected chi connectivity index (χ2v) is 11.2. The lowest BCUT2D eigenvalue weighted by atomic mass is 9.67. The van der Waals surface area contributed by atoms with Crippen molar-refractivity contribution in [3.63, 3.8) is 0 Å². The summed E-state index contributed by atoms with van der Waals surface area (Å²) in [4.78, 5) is 0. The molecule has 7 aromatic carbocycles. The van der Waals surface area contributed by atoms with Gasteiger partial charge < -0.3 is 4.74 Å². The Bertz CT molecular complexity index is 2120. The van der Waals surface area contributed by atoms with E-state index in [4.69, 9.17) is 4.74 Å². The Balaban J connectivity index is 1.35. The predicted molar refractivity (Wildman–Crippen MR) is 172 cm³/mol. The maximum atomic E-state index is 6.39. The van der Waals surface area contributed by atoms with Crippen molar-refractivity contribution in [2.24, 2.45) is 0 Å². The van der Waals surface area contributed by atoms with Crippen LogP contribution in [0.25, 0.3) is 44.2 Å². The molecule has 196 valence electrons. The van der Waals surface area contributed by atoms with Gasteiger partial charge in [-0.25, -0.2) is 0 Å². The molecule has 0 atom stereocenters. The SMILES string of the molecule is c1ccc(C2(c3ccccc3)c3ccccc3-c3cc(-c4ccc5cccc6c5c4-c4ccccc4O6)ccc32)cc1. The fraction of sp³-hybridized carbons (Fsp3) is 0.0244. The van der Waals surface area contributed by atoms with Crippen molar-refractivity contribution in [3.05, 3.63) is 180 Å². The number of hydrogen-bond acceptors (Lipinski definition) is 1. The Morgan fingerprint density at radius 1 is 0.405 bits per heavy atom. The number of benzene rings is 7. The van der Waals surface area contributed by atoms with Crippen LogP contribution in [-0.2, 0) is 5.41 Å². The third-order valence-corrected chi connectivity index (χ3v) is 9.15. The van der Waals surface area contributed by atoms with Gasteiger partial charge in [-0.3, -0.25) is 0 Å². The summed E-state index contributed by atoms with van der Waals surface area (Å²) in [5.41, 5.74) is 12.2. The van der Waals surface area contributed by atoms with Crippen LogP contribution in [0.3, 0.4) is 0 Å². The molecule has 1 aliphatic heterocycles. The van der Waals surface area contributed by atoms with Crippen LogP contribution in [0.5, 0.6) is 11.5 Å². The van der Waals surface area contributed by atoms with Gasteiger partial charge in [0.15, 0.2) is 0 Å². The molecule has 9 rings (SSSR count). The van der Waals surface area contributed by atoms with Crippen molar-refractivity contribution >= 4 is 10.8 Å². The minimum absolute atomic E-state index is 0.391. The lowest BCUT2D eigenvalue weighted by Gasteiger charge is -2.34. The van der Waals surface area contributed by atoms with E-state index in [0.717, 1.165) is 17.1 Å². The molecule has 0 spiro atoms. The average molecular weight is 535 g/mol. The van der Waals surface area contributed by atoms with Gasteiger partial charge in [0.25, 0.3) is 0 Å². The van der Waals surface area contributed by atoms with E-state index in [1.54, 1.807) is 0 Å². The summed E-state index contributed by atoms with van der Waals surface area (Å²) < 4.78 is 6.39. The molecule has 0 N–H and O–H groups in total. The lowest BCUT2D eigenvalue weighted by Crippen LogP contribution is -2.28. The Kier molecular flexibility index (Phi) is 4.88. The Labute approximate surface area is 245 Å². The van der Waals surface area contributed by atoms with Gasteiger partial charge in [-0.2, -0.15) is 0 Å². The van der Waals surface area contributed by atoms with Crippen LogP contribution in [0.4, 0.5) is 0 Å². The van der Waals surface area contributed by atoms with Crippen LogP contribution in [0.2, 0.25) is 0 Å². The van der Waals surface area contributed by atoms with Crippen LogP contribution in [0.1, 0.15) is 22.3 Å². The molecule has 0 unspecified atom stereocenters. The third kappa shape index (κ3) is 3.08. The smallest absolute Gasteiger partial charge is 0.135 e. The molecule has 0 saturated heterocycles. The first-order valence-corrected chi connectivity index (χ1v) is 14.5.